The molecule has 0 aliphatic rings. The molecule has 0 aliphatic heterocycles. The average Bonchev–Trinajstić information content (AvgIpc) is 2.49. The Morgan fingerprint density at radius 2 is 2.05 bits per heavy atom. The smallest absolute Gasteiger partial charge is 0.219 e. The topological polar surface area (TPSA) is 48.1 Å². The summed E-state index contributed by atoms with van der Waals surface area (Å²) in [5, 5.41) is 0. The van der Waals surface area contributed by atoms with Gasteiger partial charge in [-0.3, -0.25) is 0 Å². The van der Waals surface area contributed by atoms with Gasteiger partial charge >= 0.3 is 0 Å². The van der Waals surface area contributed by atoms with E-state index in [9.17, 15) is 0 Å². The van der Waals surface area contributed by atoms with Crippen LogP contribution in [0.3, 0.4) is 0 Å². The Labute approximate surface area is 120 Å². The lowest BCUT2D eigenvalue weighted by molar-refractivity contribution is 0.459. The van der Waals surface area contributed by atoms with E-state index in [1.54, 1.807) is 0 Å². The molecule has 2 aromatic rings. The Morgan fingerprint density at radius 3 is 2.75 bits per heavy atom. The maximum absolute atomic E-state index is 5.93. The number of benzene rings is 1. The van der Waals surface area contributed by atoms with Crippen LogP contribution in [0.5, 0.6) is 11.6 Å². The largest absolute Gasteiger partial charge is 0.438 e. The molecule has 3 nitrogen and oxygen atoms in total. The monoisotopic (exact) mass is 268 g/mol. The Kier molecular flexibility index (Phi) is 4.91. The minimum atomic E-state index is 0.488. The molecule has 3 heteroatoms. The van der Waals surface area contributed by atoms with E-state index in [-0.39, 0.29) is 0 Å². The van der Waals surface area contributed by atoms with Gasteiger partial charge in [0, 0.05) is 23.9 Å². The summed E-state index contributed by atoms with van der Waals surface area (Å²) in [6, 6.07) is 11.8. The van der Waals surface area contributed by atoms with E-state index in [1.807, 2.05) is 55.5 Å². The molecule has 2 N–H and O–H groups in total. The van der Waals surface area contributed by atoms with Crippen molar-refractivity contribution in [2.75, 3.05) is 0 Å². The van der Waals surface area contributed by atoms with E-state index < -0.39 is 0 Å². The standard InChI is InChI=1S/C17H20N2O/c1-3-7-14-8-5-6-9-16(14)20-17-11-13(12-18)10-15(4-2)19-17/h3,5-11H,4,12,18H2,1-2H3/b7-3+. The molecular formula is C17H20N2O. The van der Waals surface area contributed by atoms with Crippen LogP contribution in [0.2, 0.25) is 0 Å². The number of aryl methyl sites for hydroxylation is 1. The number of aromatic nitrogens is 1. The van der Waals surface area contributed by atoms with Gasteiger partial charge in [0.15, 0.2) is 0 Å². The number of ether oxygens (including phenoxy) is 1. The fourth-order valence-corrected chi connectivity index (χ4v) is 1.97. The summed E-state index contributed by atoms with van der Waals surface area (Å²) in [5.74, 6) is 1.40. The fourth-order valence-electron chi connectivity index (χ4n) is 1.97. The van der Waals surface area contributed by atoms with Gasteiger partial charge in [-0.15, -0.1) is 0 Å². The molecule has 0 spiro atoms. The zero-order valence-corrected chi connectivity index (χ0v) is 12.0. The van der Waals surface area contributed by atoms with E-state index in [0.29, 0.717) is 12.4 Å². The van der Waals surface area contributed by atoms with Crippen molar-refractivity contribution in [2.24, 2.45) is 5.73 Å². The summed E-state index contributed by atoms with van der Waals surface area (Å²) in [6.07, 6.45) is 4.87. The third-order valence-corrected chi connectivity index (χ3v) is 2.99. The zero-order valence-electron chi connectivity index (χ0n) is 12.0. The van der Waals surface area contributed by atoms with E-state index >= 15 is 0 Å². The van der Waals surface area contributed by atoms with Gasteiger partial charge in [0.05, 0.1) is 0 Å². The van der Waals surface area contributed by atoms with Crippen molar-refractivity contribution in [1.29, 1.82) is 0 Å². The molecular weight excluding hydrogens is 248 g/mol. The maximum Gasteiger partial charge on any atom is 0.219 e. The van der Waals surface area contributed by atoms with Crippen LogP contribution in [0.15, 0.2) is 42.5 Å². The SMILES string of the molecule is C/C=C/c1ccccc1Oc1cc(CN)cc(CC)n1. The number of nitrogens with zero attached hydrogens (tertiary/aromatic N) is 1. The molecule has 104 valence electrons. The van der Waals surface area contributed by atoms with Crippen molar-refractivity contribution in [3.05, 3.63) is 59.3 Å². The van der Waals surface area contributed by atoms with Crippen molar-refractivity contribution in [3.8, 4) is 11.6 Å². The van der Waals surface area contributed by atoms with Gasteiger partial charge in [-0.2, -0.15) is 0 Å². The van der Waals surface area contributed by atoms with Crippen LogP contribution in [-0.2, 0) is 13.0 Å². The lowest BCUT2D eigenvalue weighted by atomic mass is 10.2. The van der Waals surface area contributed by atoms with E-state index in [2.05, 4.69) is 11.9 Å². The Bertz CT molecular complexity index is 583. The Balaban J connectivity index is 2.34. The summed E-state index contributed by atoms with van der Waals surface area (Å²) in [5.41, 5.74) is 8.78. The van der Waals surface area contributed by atoms with Gasteiger partial charge in [0.25, 0.3) is 0 Å². The number of allylic oxidation sites excluding steroid dienone is 1. The van der Waals surface area contributed by atoms with Crippen molar-refractivity contribution in [3.63, 3.8) is 0 Å². The van der Waals surface area contributed by atoms with Crippen LogP contribution in [0.25, 0.3) is 6.08 Å². The number of para-hydroxylation sites is 1. The molecule has 1 heterocycles. The van der Waals surface area contributed by atoms with Crippen LogP contribution in [0, 0.1) is 0 Å². The van der Waals surface area contributed by atoms with Crippen molar-refractivity contribution in [1.82, 2.24) is 4.98 Å². The van der Waals surface area contributed by atoms with Gasteiger partial charge in [0.1, 0.15) is 5.75 Å². The van der Waals surface area contributed by atoms with Crippen LogP contribution < -0.4 is 10.5 Å². The summed E-state index contributed by atoms with van der Waals surface area (Å²) in [4.78, 5) is 4.49. The Morgan fingerprint density at radius 1 is 1.25 bits per heavy atom. The molecule has 1 aromatic heterocycles. The Hall–Kier alpha value is -2.13. The molecule has 20 heavy (non-hydrogen) atoms. The highest BCUT2D eigenvalue weighted by Gasteiger charge is 2.06. The normalized spacial score (nSPS) is 10.9. The van der Waals surface area contributed by atoms with Gasteiger partial charge in [0.2, 0.25) is 5.88 Å². The molecule has 2 rings (SSSR count). The highest BCUT2D eigenvalue weighted by Crippen LogP contribution is 2.26. The molecule has 0 atom stereocenters. The number of pyridine rings is 1. The van der Waals surface area contributed by atoms with Crippen molar-refractivity contribution < 1.29 is 4.74 Å². The first-order chi connectivity index (χ1) is 9.76. The van der Waals surface area contributed by atoms with Gasteiger partial charge in [-0.05, 0) is 31.0 Å². The van der Waals surface area contributed by atoms with E-state index in [4.69, 9.17) is 10.5 Å². The van der Waals surface area contributed by atoms with Crippen molar-refractivity contribution in [2.45, 2.75) is 26.8 Å². The second-order valence-electron chi connectivity index (χ2n) is 4.50. The van der Waals surface area contributed by atoms with Gasteiger partial charge in [-0.1, -0.05) is 37.3 Å². The van der Waals surface area contributed by atoms with E-state index in [0.717, 1.165) is 29.0 Å². The molecule has 0 radical (unpaired) electrons. The zero-order chi connectivity index (χ0) is 14.4. The minimum Gasteiger partial charge on any atom is -0.438 e. The summed E-state index contributed by atoms with van der Waals surface area (Å²) in [7, 11) is 0. The summed E-state index contributed by atoms with van der Waals surface area (Å²) < 4.78 is 5.93. The highest BCUT2D eigenvalue weighted by atomic mass is 16.5. The maximum atomic E-state index is 5.93. The molecule has 0 amide bonds. The van der Waals surface area contributed by atoms with Crippen LogP contribution >= 0.6 is 0 Å². The first-order valence-electron chi connectivity index (χ1n) is 6.86. The van der Waals surface area contributed by atoms with Gasteiger partial charge in [-0.25, -0.2) is 4.98 Å². The predicted octanol–water partition coefficient (Wildman–Crippen LogP) is 3.93. The fraction of sp³-hybridized carbons (Fsp3) is 0.235. The lowest BCUT2D eigenvalue weighted by Gasteiger charge is -2.10. The molecule has 0 fully saturated rings. The van der Waals surface area contributed by atoms with Crippen LogP contribution in [0.4, 0.5) is 0 Å². The number of nitrogens with two attached hydrogens (primary N) is 1. The first kappa shape index (κ1) is 14.3. The second-order valence-corrected chi connectivity index (χ2v) is 4.50. The molecule has 0 saturated carbocycles. The predicted molar refractivity (Wildman–Crippen MR) is 82.7 cm³/mol. The summed E-state index contributed by atoms with van der Waals surface area (Å²) in [6.45, 7) is 4.54. The molecule has 0 saturated heterocycles. The number of hydrogen-bond acceptors (Lipinski definition) is 3. The lowest BCUT2D eigenvalue weighted by Crippen LogP contribution is -2.01. The third kappa shape index (κ3) is 3.45. The van der Waals surface area contributed by atoms with Crippen molar-refractivity contribution >= 4 is 6.08 Å². The third-order valence-electron chi connectivity index (χ3n) is 2.99. The van der Waals surface area contributed by atoms with Gasteiger partial charge < -0.3 is 10.5 Å². The average molecular weight is 268 g/mol. The minimum absolute atomic E-state index is 0.488. The number of hydrogen-bond donors (Lipinski definition) is 1. The highest BCUT2D eigenvalue weighted by molar-refractivity contribution is 5.57. The van der Waals surface area contributed by atoms with Crippen LogP contribution in [-0.4, -0.2) is 4.98 Å². The first-order valence-corrected chi connectivity index (χ1v) is 6.86. The molecule has 0 bridgehead atoms. The number of rotatable bonds is 5. The molecule has 0 aliphatic carbocycles. The summed E-state index contributed by atoms with van der Waals surface area (Å²) >= 11 is 0. The van der Waals surface area contributed by atoms with Crippen LogP contribution in [0.1, 0.15) is 30.7 Å². The molecule has 1 aromatic carbocycles. The van der Waals surface area contributed by atoms with E-state index in [1.165, 1.54) is 0 Å². The quantitative estimate of drug-likeness (QED) is 0.893. The second kappa shape index (κ2) is 6.87. The molecule has 0 unspecified atom stereocenters.